The number of aliphatic carboxylic acids is 1. The molecule has 0 bridgehead atoms. The standard InChI is InChI=1S/C11H17N3O4S/c1-11(2,9-12-4-6-19-9)14-10(17)13-3-5-18-7-8(15)16/h4,6H,3,5,7H2,1-2H3,(H,15,16)(H2,13,14,17). The highest BCUT2D eigenvalue weighted by Gasteiger charge is 2.25. The predicted octanol–water partition coefficient (Wildman–Crippen LogP) is 0.779. The molecule has 0 aliphatic rings. The molecule has 0 aliphatic carbocycles. The molecule has 8 heteroatoms. The van der Waals surface area contributed by atoms with E-state index in [0.717, 1.165) is 5.01 Å². The maximum Gasteiger partial charge on any atom is 0.329 e. The Labute approximate surface area is 115 Å². The molecule has 0 radical (unpaired) electrons. The minimum atomic E-state index is -1.03. The number of hydrogen-bond donors (Lipinski definition) is 3. The number of amides is 2. The molecule has 1 rings (SSSR count). The zero-order chi connectivity index (χ0) is 14.3. The predicted molar refractivity (Wildman–Crippen MR) is 70.1 cm³/mol. The van der Waals surface area contributed by atoms with Gasteiger partial charge < -0.3 is 20.5 Å². The van der Waals surface area contributed by atoms with Gasteiger partial charge in [-0.2, -0.15) is 0 Å². The van der Waals surface area contributed by atoms with Crippen molar-refractivity contribution in [3.63, 3.8) is 0 Å². The van der Waals surface area contributed by atoms with Crippen LogP contribution in [0.2, 0.25) is 0 Å². The van der Waals surface area contributed by atoms with Gasteiger partial charge in [0.25, 0.3) is 0 Å². The molecule has 0 atom stereocenters. The third-order valence-corrected chi connectivity index (χ3v) is 3.25. The monoisotopic (exact) mass is 287 g/mol. The lowest BCUT2D eigenvalue weighted by atomic mass is 10.1. The second kappa shape index (κ2) is 7.05. The van der Waals surface area contributed by atoms with E-state index in [1.807, 2.05) is 19.2 Å². The van der Waals surface area contributed by atoms with Crippen molar-refractivity contribution >= 4 is 23.3 Å². The second-order valence-electron chi connectivity index (χ2n) is 4.29. The Bertz CT molecular complexity index is 420. The summed E-state index contributed by atoms with van der Waals surface area (Å²) >= 11 is 1.46. The number of carbonyl (C=O) groups excluding carboxylic acids is 1. The molecule has 2 amide bonds. The van der Waals surface area contributed by atoms with Gasteiger partial charge in [0.05, 0.1) is 12.1 Å². The Morgan fingerprint density at radius 1 is 1.53 bits per heavy atom. The fourth-order valence-corrected chi connectivity index (χ4v) is 2.03. The van der Waals surface area contributed by atoms with E-state index >= 15 is 0 Å². The van der Waals surface area contributed by atoms with Gasteiger partial charge in [0.1, 0.15) is 11.6 Å². The Hall–Kier alpha value is -1.67. The Balaban J connectivity index is 2.26. The molecule has 0 aliphatic heterocycles. The Morgan fingerprint density at radius 2 is 2.26 bits per heavy atom. The number of aromatic nitrogens is 1. The smallest absolute Gasteiger partial charge is 0.329 e. The first-order chi connectivity index (χ1) is 8.92. The van der Waals surface area contributed by atoms with Crippen molar-refractivity contribution in [3.05, 3.63) is 16.6 Å². The van der Waals surface area contributed by atoms with Gasteiger partial charge in [-0.1, -0.05) is 0 Å². The van der Waals surface area contributed by atoms with Crippen LogP contribution in [0.5, 0.6) is 0 Å². The molecule has 3 N–H and O–H groups in total. The van der Waals surface area contributed by atoms with Gasteiger partial charge in [0.2, 0.25) is 0 Å². The fourth-order valence-electron chi connectivity index (χ4n) is 1.31. The normalized spacial score (nSPS) is 11.1. The summed E-state index contributed by atoms with van der Waals surface area (Å²) in [5.41, 5.74) is -0.555. The number of carboxylic acids is 1. The van der Waals surface area contributed by atoms with Crippen LogP contribution in [0.4, 0.5) is 4.79 Å². The molecule has 1 heterocycles. The number of carboxylic acid groups (broad SMARTS) is 1. The van der Waals surface area contributed by atoms with Gasteiger partial charge in [-0.05, 0) is 13.8 Å². The van der Waals surface area contributed by atoms with Crippen molar-refractivity contribution in [2.45, 2.75) is 19.4 Å². The van der Waals surface area contributed by atoms with Crippen LogP contribution >= 0.6 is 11.3 Å². The molecule has 0 spiro atoms. The number of urea groups is 1. The highest BCUT2D eigenvalue weighted by atomic mass is 32.1. The van der Waals surface area contributed by atoms with Gasteiger partial charge in [0, 0.05) is 18.1 Å². The van der Waals surface area contributed by atoms with E-state index in [9.17, 15) is 9.59 Å². The van der Waals surface area contributed by atoms with Crippen molar-refractivity contribution in [2.75, 3.05) is 19.8 Å². The summed E-state index contributed by atoms with van der Waals surface area (Å²) in [6.07, 6.45) is 1.68. The van der Waals surface area contributed by atoms with E-state index in [0.29, 0.717) is 0 Å². The van der Waals surface area contributed by atoms with Gasteiger partial charge >= 0.3 is 12.0 Å². The lowest BCUT2D eigenvalue weighted by Crippen LogP contribution is -2.47. The lowest BCUT2D eigenvalue weighted by Gasteiger charge is -2.23. The second-order valence-corrected chi connectivity index (χ2v) is 5.18. The summed E-state index contributed by atoms with van der Waals surface area (Å²) in [5, 5.41) is 16.4. The SMILES string of the molecule is CC(C)(NC(=O)NCCOCC(=O)O)c1nccs1. The summed E-state index contributed by atoms with van der Waals surface area (Å²) in [7, 11) is 0. The largest absolute Gasteiger partial charge is 0.480 e. The lowest BCUT2D eigenvalue weighted by molar-refractivity contribution is -0.142. The minimum absolute atomic E-state index is 0.150. The van der Waals surface area contributed by atoms with E-state index in [2.05, 4.69) is 15.6 Å². The summed E-state index contributed by atoms with van der Waals surface area (Å²) in [6, 6.07) is -0.348. The molecule has 19 heavy (non-hydrogen) atoms. The van der Waals surface area contributed by atoms with Crippen LogP contribution in [0.25, 0.3) is 0 Å². The first kappa shape index (κ1) is 15.4. The fraction of sp³-hybridized carbons (Fsp3) is 0.545. The van der Waals surface area contributed by atoms with E-state index in [-0.39, 0.29) is 25.8 Å². The third kappa shape index (κ3) is 5.66. The maximum atomic E-state index is 11.6. The summed E-state index contributed by atoms with van der Waals surface area (Å²) < 4.78 is 4.80. The first-order valence-electron chi connectivity index (χ1n) is 5.67. The van der Waals surface area contributed by atoms with E-state index in [1.54, 1.807) is 6.20 Å². The van der Waals surface area contributed by atoms with E-state index < -0.39 is 11.5 Å². The quantitative estimate of drug-likeness (QED) is 0.643. The first-order valence-corrected chi connectivity index (χ1v) is 6.55. The average molecular weight is 287 g/mol. The summed E-state index contributed by atoms with van der Waals surface area (Å²) in [6.45, 7) is 3.73. The van der Waals surface area contributed by atoms with Crippen LogP contribution in [0, 0.1) is 0 Å². The highest BCUT2D eigenvalue weighted by molar-refractivity contribution is 7.09. The van der Waals surface area contributed by atoms with Crippen LogP contribution in [-0.4, -0.2) is 41.8 Å². The molecular formula is C11H17N3O4S. The van der Waals surface area contributed by atoms with Crippen molar-refractivity contribution < 1.29 is 19.4 Å². The molecule has 0 aromatic carbocycles. The van der Waals surface area contributed by atoms with Gasteiger partial charge in [-0.15, -0.1) is 11.3 Å². The van der Waals surface area contributed by atoms with Crippen LogP contribution in [0.3, 0.4) is 0 Å². The number of carbonyl (C=O) groups is 2. The van der Waals surface area contributed by atoms with Crippen molar-refractivity contribution in [1.29, 1.82) is 0 Å². The topological polar surface area (TPSA) is 101 Å². The average Bonchev–Trinajstić information content (AvgIpc) is 2.81. The van der Waals surface area contributed by atoms with Crippen molar-refractivity contribution in [3.8, 4) is 0 Å². The van der Waals surface area contributed by atoms with Gasteiger partial charge in [-0.25, -0.2) is 14.6 Å². The molecule has 106 valence electrons. The van der Waals surface area contributed by atoms with E-state index in [4.69, 9.17) is 9.84 Å². The number of ether oxygens (including phenoxy) is 1. The molecule has 0 saturated heterocycles. The van der Waals surface area contributed by atoms with Crippen LogP contribution in [0.15, 0.2) is 11.6 Å². The zero-order valence-corrected chi connectivity index (χ0v) is 11.6. The van der Waals surface area contributed by atoms with Crippen LogP contribution in [-0.2, 0) is 15.1 Å². The number of nitrogens with zero attached hydrogens (tertiary/aromatic N) is 1. The molecule has 7 nitrogen and oxygen atoms in total. The molecule has 0 saturated carbocycles. The highest BCUT2D eigenvalue weighted by Crippen LogP contribution is 2.21. The van der Waals surface area contributed by atoms with Gasteiger partial charge in [0.15, 0.2) is 0 Å². The van der Waals surface area contributed by atoms with E-state index in [1.165, 1.54) is 11.3 Å². The number of thiazole rings is 1. The molecule has 1 aromatic rings. The number of hydrogen-bond acceptors (Lipinski definition) is 5. The zero-order valence-electron chi connectivity index (χ0n) is 10.8. The van der Waals surface area contributed by atoms with Gasteiger partial charge in [-0.3, -0.25) is 0 Å². The number of nitrogens with one attached hydrogen (secondary N) is 2. The third-order valence-electron chi connectivity index (χ3n) is 2.15. The Kier molecular flexibility index (Phi) is 5.71. The molecule has 0 unspecified atom stereocenters. The van der Waals surface area contributed by atoms with Crippen molar-refractivity contribution in [1.82, 2.24) is 15.6 Å². The summed E-state index contributed by atoms with van der Waals surface area (Å²) in [4.78, 5) is 26.0. The molecule has 1 aromatic heterocycles. The van der Waals surface area contributed by atoms with Crippen molar-refractivity contribution in [2.24, 2.45) is 0 Å². The van der Waals surface area contributed by atoms with Crippen LogP contribution < -0.4 is 10.6 Å². The van der Waals surface area contributed by atoms with Crippen LogP contribution in [0.1, 0.15) is 18.9 Å². The Morgan fingerprint density at radius 3 is 2.84 bits per heavy atom. The number of rotatable bonds is 7. The minimum Gasteiger partial charge on any atom is -0.480 e. The maximum absolute atomic E-state index is 11.6. The molecular weight excluding hydrogens is 270 g/mol. The summed E-state index contributed by atoms with van der Waals surface area (Å²) in [5.74, 6) is -1.03. The molecule has 0 fully saturated rings.